The number of carbonyl (C=O) groups is 1. The summed E-state index contributed by atoms with van der Waals surface area (Å²) in [7, 11) is 0. The van der Waals surface area contributed by atoms with Gasteiger partial charge in [-0.15, -0.1) is 23.1 Å². The Morgan fingerprint density at radius 1 is 1.62 bits per heavy atom. The van der Waals surface area contributed by atoms with E-state index in [4.69, 9.17) is 0 Å². The Kier molecular flexibility index (Phi) is 2.73. The second kappa shape index (κ2) is 4.22. The summed E-state index contributed by atoms with van der Waals surface area (Å²) in [6, 6.07) is 0. The monoisotopic (exact) mass is 251 g/mol. The van der Waals surface area contributed by atoms with Gasteiger partial charge in [0, 0.05) is 41.2 Å². The van der Waals surface area contributed by atoms with Gasteiger partial charge in [-0.05, 0) is 6.42 Å². The minimum atomic E-state index is 0.0822. The van der Waals surface area contributed by atoms with E-state index in [0.29, 0.717) is 16.2 Å². The Morgan fingerprint density at radius 2 is 2.56 bits per heavy atom. The molecular formula is C11H11N2OS2. The van der Waals surface area contributed by atoms with Crippen molar-refractivity contribution in [2.24, 2.45) is 5.92 Å². The Balaban J connectivity index is 1.72. The molecule has 1 saturated heterocycles. The van der Waals surface area contributed by atoms with Crippen LogP contribution < -0.4 is 0 Å². The molecule has 83 valence electrons. The first kappa shape index (κ1) is 10.4. The lowest BCUT2D eigenvalue weighted by atomic mass is 9.98. The van der Waals surface area contributed by atoms with Crippen molar-refractivity contribution < 1.29 is 4.79 Å². The molecule has 5 heteroatoms. The number of piperidine rings is 1. The number of aromatic nitrogens is 1. The third-order valence-electron chi connectivity index (χ3n) is 3.00. The highest BCUT2D eigenvalue weighted by atomic mass is 32.2. The van der Waals surface area contributed by atoms with E-state index in [-0.39, 0.29) is 5.91 Å². The molecule has 2 aliphatic rings. The van der Waals surface area contributed by atoms with Gasteiger partial charge in [-0.2, -0.15) is 0 Å². The zero-order chi connectivity index (χ0) is 11.0. The van der Waals surface area contributed by atoms with Crippen molar-refractivity contribution >= 4 is 29.0 Å². The van der Waals surface area contributed by atoms with Crippen LogP contribution in [0.4, 0.5) is 0 Å². The van der Waals surface area contributed by atoms with E-state index in [2.05, 4.69) is 16.5 Å². The largest absolute Gasteiger partial charge is 0.336 e. The number of thioether (sulfide) groups is 1. The van der Waals surface area contributed by atoms with Crippen LogP contribution in [0.5, 0.6) is 0 Å². The summed E-state index contributed by atoms with van der Waals surface area (Å²) in [5.41, 5.74) is 0. The molecule has 2 unspecified atom stereocenters. The van der Waals surface area contributed by atoms with Gasteiger partial charge in [0.25, 0.3) is 5.91 Å². The molecule has 1 aromatic heterocycles. The van der Waals surface area contributed by atoms with Gasteiger partial charge >= 0.3 is 0 Å². The van der Waals surface area contributed by atoms with Crippen LogP contribution in [0.15, 0.2) is 17.7 Å². The standard InChI is InChI=1S/C11H11N2OS2/c14-11(10-12-3-6-16-10)13-4-1-9-8(7-13)2-5-15-9/h2-3,6,8-9H,1,4,7H2. The van der Waals surface area contributed by atoms with Gasteiger partial charge in [0.1, 0.15) is 0 Å². The van der Waals surface area contributed by atoms with Gasteiger partial charge < -0.3 is 4.90 Å². The van der Waals surface area contributed by atoms with Crippen LogP contribution in [0, 0.1) is 11.3 Å². The summed E-state index contributed by atoms with van der Waals surface area (Å²) >= 11 is 3.20. The van der Waals surface area contributed by atoms with E-state index in [0.717, 1.165) is 19.5 Å². The summed E-state index contributed by atoms with van der Waals surface area (Å²) < 4.78 is 0. The molecule has 0 aliphatic carbocycles. The predicted octanol–water partition coefficient (Wildman–Crippen LogP) is 2.04. The maximum atomic E-state index is 12.1. The Bertz CT molecular complexity index is 416. The quantitative estimate of drug-likeness (QED) is 0.766. The molecule has 1 radical (unpaired) electrons. The zero-order valence-corrected chi connectivity index (χ0v) is 10.3. The summed E-state index contributed by atoms with van der Waals surface area (Å²) in [6.45, 7) is 1.67. The minimum absolute atomic E-state index is 0.0822. The highest BCUT2D eigenvalue weighted by molar-refractivity contribution is 8.01. The third kappa shape index (κ3) is 1.78. The predicted molar refractivity (Wildman–Crippen MR) is 65.3 cm³/mol. The molecule has 3 heterocycles. The molecule has 1 aromatic rings. The average molecular weight is 251 g/mol. The Labute approximate surface area is 103 Å². The van der Waals surface area contributed by atoms with Crippen LogP contribution in [0.2, 0.25) is 0 Å². The fourth-order valence-corrected chi connectivity index (χ4v) is 3.72. The van der Waals surface area contributed by atoms with Crippen molar-refractivity contribution in [1.82, 2.24) is 9.88 Å². The molecule has 1 fully saturated rings. The van der Waals surface area contributed by atoms with Crippen molar-refractivity contribution in [2.75, 3.05) is 13.1 Å². The first-order valence-electron chi connectivity index (χ1n) is 5.28. The van der Waals surface area contributed by atoms with E-state index in [1.54, 1.807) is 18.0 Å². The number of hydrogen-bond donors (Lipinski definition) is 0. The maximum Gasteiger partial charge on any atom is 0.282 e. The number of carbonyl (C=O) groups excluding carboxylic acids is 1. The summed E-state index contributed by atoms with van der Waals surface area (Å²) in [5, 5.41) is 6.29. The summed E-state index contributed by atoms with van der Waals surface area (Å²) in [5.74, 6) is 0.571. The first-order chi connectivity index (χ1) is 7.84. The Morgan fingerprint density at radius 3 is 3.38 bits per heavy atom. The second-order valence-electron chi connectivity index (χ2n) is 3.98. The maximum absolute atomic E-state index is 12.1. The Hall–Kier alpha value is -0.810. The number of nitrogens with zero attached hydrogens (tertiary/aromatic N) is 2. The van der Waals surface area contributed by atoms with Crippen LogP contribution in [0.25, 0.3) is 0 Å². The molecule has 0 spiro atoms. The molecule has 0 bridgehead atoms. The summed E-state index contributed by atoms with van der Waals surface area (Å²) in [4.78, 5) is 18.1. The fourth-order valence-electron chi connectivity index (χ4n) is 2.13. The lowest BCUT2D eigenvalue weighted by molar-refractivity contribution is 0.0701. The first-order valence-corrected chi connectivity index (χ1v) is 7.04. The van der Waals surface area contributed by atoms with E-state index in [9.17, 15) is 4.79 Å². The summed E-state index contributed by atoms with van der Waals surface area (Å²) in [6.07, 6.45) is 4.86. The molecule has 16 heavy (non-hydrogen) atoms. The molecule has 3 rings (SSSR count). The van der Waals surface area contributed by atoms with Gasteiger partial charge in [0.2, 0.25) is 0 Å². The SMILES string of the molecule is O=C(c1nccs1)N1CCC2S[C]=CC2C1. The van der Waals surface area contributed by atoms with Crippen molar-refractivity contribution in [3.05, 3.63) is 28.1 Å². The number of hydrogen-bond acceptors (Lipinski definition) is 4. The van der Waals surface area contributed by atoms with E-state index in [1.165, 1.54) is 11.3 Å². The topological polar surface area (TPSA) is 33.2 Å². The van der Waals surface area contributed by atoms with Crippen LogP contribution in [-0.2, 0) is 0 Å². The average Bonchev–Trinajstić information content (AvgIpc) is 2.98. The third-order valence-corrected chi connectivity index (χ3v) is 4.92. The lowest BCUT2D eigenvalue weighted by Gasteiger charge is -2.33. The highest BCUT2D eigenvalue weighted by Gasteiger charge is 2.33. The zero-order valence-electron chi connectivity index (χ0n) is 8.63. The molecule has 1 amide bonds. The van der Waals surface area contributed by atoms with Gasteiger partial charge in [-0.25, -0.2) is 4.98 Å². The second-order valence-corrected chi connectivity index (χ2v) is 5.95. The smallest absolute Gasteiger partial charge is 0.282 e. The molecule has 3 nitrogen and oxygen atoms in total. The van der Waals surface area contributed by atoms with Crippen molar-refractivity contribution in [3.8, 4) is 0 Å². The van der Waals surface area contributed by atoms with Gasteiger partial charge in [-0.1, -0.05) is 6.08 Å². The van der Waals surface area contributed by atoms with Crippen LogP contribution in [-0.4, -0.2) is 34.1 Å². The molecule has 2 aliphatic heterocycles. The molecule has 2 atom stereocenters. The van der Waals surface area contributed by atoms with Crippen molar-refractivity contribution in [1.29, 1.82) is 0 Å². The van der Waals surface area contributed by atoms with E-state index in [1.807, 2.05) is 10.3 Å². The number of likely N-dealkylation sites (tertiary alicyclic amines) is 1. The number of fused-ring (bicyclic) bond motifs is 1. The van der Waals surface area contributed by atoms with Crippen LogP contribution in [0.3, 0.4) is 0 Å². The van der Waals surface area contributed by atoms with E-state index < -0.39 is 0 Å². The van der Waals surface area contributed by atoms with Crippen molar-refractivity contribution in [3.63, 3.8) is 0 Å². The van der Waals surface area contributed by atoms with Crippen LogP contribution >= 0.6 is 23.1 Å². The molecule has 0 N–H and O–H groups in total. The van der Waals surface area contributed by atoms with Crippen LogP contribution in [0.1, 0.15) is 16.2 Å². The molecule has 0 saturated carbocycles. The van der Waals surface area contributed by atoms with E-state index >= 15 is 0 Å². The fraction of sp³-hybridized carbons (Fsp3) is 0.455. The number of amides is 1. The normalized spacial score (nSPS) is 28.1. The van der Waals surface area contributed by atoms with Gasteiger partial charge in [0.15, 0.2) is 5.01 Å². The molecule has 0 aromatic carbocycles. The van der Waals surface area contributed by atoms with Gasteiger partial charge in [-0.3, -0.25) is 4.79 Å². The minimum Gasteiger partial charge on any atom is -0.336 e. The number of rotatable bonds is 1. The molecular weight excluding hydrogens is 240 g/mol. The van der Waals surface area contributed by atoms with Crippen molar-refractivity contribution in [2.45, 2.75) is 11.7 Å². The number of thiazole rings is 1. The lowest BCUT2D eigenvalue weighted by Crippen LogP contribution is -2.43. The highest BCUT2D eigenvalue weighted by Crippen LogP contribution is 2.35. The van der Waals surface area contributed by atoms with Gasteiger partial charge in [0.05, 0.1) is 0 Å².